The quantitative estimate of drug-likeness (QED) is 0.202. The summed E-state index contributed by atoms with van der Waals surface area (Å²) in [6.07, 6.45) is 0. The van der Waals surface area contributed by atoms with Crippen molar-refractivity contribution in [2.45, 2.75) is 19.3 Å². The van der Waals surface area contributed by atoms with Crippen LogP contribution in [0.3, 0.4) is 0 Å². The normalized spacial score (nSPS) is 13.5. The van der Waals surface area contributed by atoms with Crippen molar-refractivity contribution in [3.63, 3.8) is 0 Å². The highest BCUT2D eigenvalue weighted by atomic mass is 15.2. The van der Waals surface area contributed by atoms with Crippen LogP contribution in [-0.4, -0.2) is 24.1 Å². The molecule has 4 heterocycles. The van der Waals surface area contributed by atoms with Gasteiger partial charge in [-0.05, 0) is 35.4 Å². The summed E-state index contributed by atoms with van der Waals surface area (Å²) in [7, 11) is 0. The van der Waals surface area contributed by atoms with Gasteiger partial charge in [-0.1, -0.05) is 129 Å². The molecule has 0 N–H and O–H groups in total. The first-order valence-corrected chi connectivity index (χ1v) is 16.1. The average molecular weight is 604 g/mol. The first-order chi connectivity index (χ1) is 23.1. The molecule has 10 rings (SSSR count). The molecule has 1 aliphatic heterocycles. The Morgan fingerprint density at radius 1 is 0.447 bits per heavy atom. The van der Waals surface area contributed by atoms with E-state index in [1.165, 1.54) is 49.4 Å². The number of hydrogen-bond acceptors (Lipinski definition) is 3. The van der Waals surface area contributed by atoms with Crippen molar-refractivity contribution in [1.82, 2.24) is 24.1 Å². The molecule has 0 unspecified atom stereocenters. The summed E-state index contributed by atoms with van der Waals surface area (Å²) in [5, 5.41) is 4.91. The van der Waals surface area contributed by atoms with E-state index < -0.39 is 0 Å². The standard InChI is InChI=1S/C42H29N5/c1-42(2)32-21-13-20-30-28-18-9-11-22-34(28)46(38(30)32)37-25-36-31(24-33(37)42)29-19-10-12-23-35(29)47(36)41-44-39(26-14-5-3-6-15-26)43-40(45-41)27-16-7-4-8-17-27/h3-25H,1-2H3. The molecule has 5 heteroatoms. The van der Waals surface area contributed by atoms with E-state index in [1.807, 2.05) is 36.4 Å². The summed E-state index contributed by atoms with van der Waals surface area (Å²) in [5.41, 5.74) is 10.2. The summed E-state index contributed by atoms with van der Waals surface area (Å²) in [5.74, 6) is 1.89. The summed E-state index contributed by atoms with van der Waals surface area (Å²) in [6.45, 7) is 4.72. The van der Waals surface area contributed by atoms with Gasteiger partial charge >= 0.3 is 0 Å². The first-order valence-electron chi connectivity index (χ1n) is 16.1. The van der Waals surface area contributed by atoms with Crippen LogP contribution >= 0.6 is 0 Å². The molecule has 222 valence electrons. The minimum atomic E-state index is -0.204. The molecule has 0 radical (unpaired) electrons. The number of rotatable bonds is 3. The Hall–Kier alpha value is -6.07. The third-order valence-electron chi connectivity index (χ3n) is 9.96. The minimum Gasteiger partial charge on any atom is -0.309 e. The lowest BCUT2D eigenvalue weighted by Crippen LogP contribution is -2.26. The highest BCUT2D eigenvalue weighted by Crippen LogP contribution is 2.49. The number of hydrogen-bond donors (Lipinski definition) is 0. The highest BCUT2D eigenvalue weighted by Gasteiger charge is 2.36. The van der Waals surface area contributed by atoms with E-state index in [0.29, 0.717) is 17.6 Å². The Kier molecular flexibility index (Phi) is 5.28. The van der Waals surface area contributed by atoms with Crippen LogP contribution in [0.1, 0.15) is 25.0 Å². The van der Waals surface area contributed by atoms with Crippen molar-refractivity contribution >= 4 is 43.6 Å². The molecular formula is C42H29N5. The van der Waals surface area contributed by atoms with E-state index in [9.17, 15) is 0 Å². The van der Waals surface area contributed by atoms with Crippen LogP contribution in [0.2, 0.25) is 0 Å². The molecule has 3 aromatic heterocycles. The Morgan fingerprint density at radius 2 is 1.00 bits per heavy atom. The summed E-state index contributed by atoms with van der Waals surface area (Å²) < 4.78 is 4.70. The fourth-order valence-corrected chi connectivity index (χ4v) is 7.72. The maximum absolute atomic E-state index is 5.16. The summed E-state index contributed by atoms with van der Waals surface area (Å²) >= 11 is 0. The lowest BCUT2D eigenvalue weighted by Gasteiger charge is -2.35. The van der Waals surface area contributed by atoms with Crippen molar-refractivity contribution in [2.24, 2.45) is 0 Å². The van der Waals surface area contributed by atoms with Gasteiger partial charge in [0.25, 0.3) is 0 Å². The van der Waals surface area contributed by atoms with Gasteiger partial charge in [-0.2, -0.15) is 9.97 Å². The Bertz CT molecular complexity index is 2640. The number of fused-ring (bicyclic) bond motifs is 8. The molecule has 0 spiro atoms. The molecule has 47 heavy (non-hydrogen) atoms. The fraction of sp³-hybridized carbons (Fsp3) is 0.0714. The van der Waals surface area contributed by atoms with Crippen molar-refractivity contribution in [2.75, 3.05) is 0 Å². The Labute approximate surface area is 271 Å². The van der Waals surface area contributed by atoms with Gasteiger partial charge in [0, 0.05) is 38.1 Å². The first kappa shape index (κ1) is 26.2. The number of aromatic nitrogens is 5. The van der Waals surface area contributed by atoms with Crippen LogP contribution in [-0.2, 0) is 5.41 Å². The zero-order valence-corrected chi connectivity index (χ0v) is 26.0. The Morgan fingerprint density at radius 3 is 1.66 bits per heavy atom. The van der Waals surface area contributed by atoms with Gasteiger partial charge < -0.3 is 4.57 Å². The van der Waals surface area contributed by atoms with Gasteiger partial charge in [-0.3, -0.25) is 4.57 Å². The van der Waals surface area contributed by atoms with Gasteiger partial charge in [0.15, 0.2) is 11.6 Å². The predicted molar refractivity (Wildman–Crippen MR) is 192 cm³/mol. The topological polar surface area (TPSA) is 48.5 Å². The highest BCUT2D eigenvalue weighted by molar-refractivity contribution is 6.14. The van der Waals surface area contributed by atoms with E-state index in [0.717, 1.165) is 22.2 Å². The molecule has 0 bridgehead atoms. The zero-order valence-electron chi connectivity index (χ0n) is 26.0. The summed E-state index contributed by atoms with van der Waals surface area (Å²) in [4.78, 5) is 15.3. The van der Waals surface area contributed by atoms with E-state index in [1.54, 1.807) is 0 Å². The maximum Gasteiger partial charge on any atom is 0.238 e. The average Bonchev–Trinajstić information content (AvgIpc) is 3.64. The van der Waals surface area contributed by atoms with Gasteiger partial charge in [-0.25, -0.2) is 4.98 Å². The number of benzene rings is 6. The molecule has 0 atom stereocenters. The van der Waals surface area contributed by atoms with Gasteiger partial charge in [0.05, 0.1) is 27.8 Å². The summed E-state index contributed by atoms with van der Waals surface area (Å²) in [6, 6.07) is 49.2. The van der Waals surface area contributed by atoms with Crippen molar-refractivity contribution in [3.05, 3.63) is 151 Å². The molecule has 5 nitrogen and oxygen atoms in total. The van der Waals surface area contributed by atoms with Crippen molar-refractivity contribution in [3.8, 4) is 34.4 Å². The predicted octanol–water partition coefficient (Wildman–Crippen LogP) is 10.0. The van der Waals surface area contributed by atoms with Crippen LogP contribution < -0.4 is 0 Å². The second-order valence-electron chi connectivity index (χ2n) is 12.9. The van der Waals surface area contributed by atoms with Gasteiger partial charge in [0.1, 0.15) is 0 Å². The monoisotopic (exact) mass is 603 g/mol. The molecule has 0 saturated carbocycles. The second kappa shape index (κ2) is 9.47. The van der Waals surface area contributed by atoms with Crippen LogP contribution in [0.15, 0.2) is 140 Å². The molecule has 9 aromatic rings. The molecule has 0 aliphatic carbocycles. The van der Waals surface area contributed by atoms with E-state index in [4.69, 9.17) is 15.0 Å². The zero-order chi connectivity index (χ0) is 31.3. The van der Waals surface area contributed by atoms with Gasteiger partial charge in [0.2, 0.25) is 5.95 Å². The minimum absolute atomic E-state index is 0.204. The molecule has 0 amide bonds. The Balaban J connectivity index is 1.34. The lowest BCUT2D eigenvalue weighted by atomic mass is 9.74. The lowest BCUT2D eigenvalue weighted by molar-refractivity contribution is 0.631. The van der Waals surface area contributed by atoms with E-state index in [2.05, 4.69) is 126 Å². The molecule has 0 saturated heterocycles. The smallest absolute Gasteiger partial charge is 0.238 e. The SMILES string of the molecule is CC1(C)c2cc3c4ccccc4n(-c4nc(-c5ccccc5)nc(-c5ccccc5)n4)c3cc2-n2c3ccccc3c3cccc1c32. The van der Waals surface area contributed by atoms with Crippen LogP contribution in [0.4, 0.5) is 0 Å². The third kappa shape index (κ3) is 3.62. The third-order valence-corrected chi connectivity index (χ3v) is 9.96. The maximum atomic E-state index is 5.16. The second-order valence-corrected chi connectivity index (χ2v) is 12.9. The van der Waals surface area contributed by atoms with Crippen molar-refractivity contribution < 1.29 is 0 Å². The van der Waals surface area contributed by atoms with Gasteiger partial charge in [-0.15, -0.1) is 0 Å². The van der Waals surface area contributed by atoms with E-state index in [-0.39, 0.29) is 5.41 Å². The van der Waals surface area contributed by atoms with Crippen LogP contribution in [0.5, 0.6) is 0 Å². The molecule has 0 fully saturated rings. The molecule has 6 aromatic carbocycles. The molecular weight excluding hydrogens is 574 g/mol. The van der Waals surface area contributed by atoms with E-state index >= 15 is 0 Å². The fourth-order valence-electron chi connectivity index (χ4n) is 7.72. The van der Waals surface area contributed by atoms with Crippen LogP contribution in [0.25, 0.3) is 78.0 Å². The largest absolute Gasteiger partial charge is 0.309 e. The number of para-hydroxylation sites is 3. The van der Waals surface area contributed by atoms with Crippen molar-refractivity contribution in [1.29, 1.82) is 0 Å². The molecule has 1 aliphatic rings. The number of nitrogens with zero attached hydrogens (tertiary/aromatic N) is 5. The van der Waals surface area contributed by atoms with Crippen LogP contribution in [0, 0.1) is 0 Å².